The highest BCUT2D eigenvalue weighted by atomic mass is 16.3. The minimum Gasteiger partial charge on any atom is -0.469 e. The normalized spacial score (nSPS) is 12.6. The smallest absolute Gasteiger partial charge is 0.287 e. The Morgan fingerprint density at radius 1 is 1.23 bits per heavy atom. The number of nitrogens with two attached hydrogens (primary N) is 2. The lowest BCUT2D eigenvalue weighted by atomic mass is 10.1. The van der Waals surface area contributed by atoms with Crippen molar-refractivity contribution in [3.05, 3.63) is 59.8 Å². The van der Waals surface area contributed by atoms with Crippen molar-refractivity contribution in [2.45, 2.75) is 12.5 Å². The van der Waals surface area contributed by atoms with Crippen LogP contribution in [0.25, 0.3) is 5.70 Å². The number of furan rings is 1. The van der Waals surface area contributed by atoms with E-state index in [0.717, 1.165) is 6.21 Å². The molecule has 2 heterocycles. The van der Waals surface area contributed by atoms with Crippen LogP contribution in [0.2, 0.25) is 0 Å². The van der Waals surface area contributed by atoms with Crippen LogP contribution in [0, 0.1) is 5.41 Å². The molecule has 9 heteroatoms. The maximum atomic E-state index is 12.5. The highest BCUT2D eigenvalue weighted by Gasteiger charge is 2.27. The first-order valence-electron chi connectivity index (χ1n) is 7.52. The van der Waals surface area contributed by atoms with Crippen LogP contribution in [-0.4, -0.2) is 34.8 Å². The maximum absolute atomic E-state index is 12.5. The van der Waals surface area contributed by atoms with Crippen molar-refractivity contribution >= 4 is 29.5 Å². The van der Waals surface area contributed by atoms with Gasteiger partial charge in [0.2, 0.25) is 5.78 Å². The van der Waals surface area contributed by atoms with E-state index in [4.69, 9.17) is 21.3 Å². The SMILES string of the molecule is N=C/C(C(=O)NC(Cc1ccco1)C(=O)C(N)=O)=C(\N)c1ccccn1. The quantitative estimate of drug-likeness (QED) is 0.290. The summed E-state index contributed by atoms with van der Waals surface area (Å²) in [5.74, 6) is -2.62. The lowest BCUT2D eigenvalue weighted by Gasteiger charge is -2.16. The zero-order chi connectivity index (χ0) is 19.1. The number of carbonyl (C=O) groups is 3. The summed E-state index contributed by atoms with van der Waals surface area (Å²) in [5, 5.41) is 9.83. The molecule has 0 aromatic carbocycles. The van der Waals surface area contributed by atoms with Crippen LogP contribution in [0.1, 0.15) is 11.5 Å². The van der Waals surface area contributed by atoms with Crippen LogP contribution >= 0.6 is 0 Å². The standard InChI is InChI=1S/C17H17N5O4/c18-9-11(14(19)12-5-1-2-6-21-12)17(25)22-13(15(23)16(20)24)8-10-4-3-7-26-10/h1-7,9,13,18H,8,19H2,(H2,20,24)(H,22,25)/b14-11+,18-9?. The molecule has 0 aliphatic heterocycles. The molecule has 2 rings (SSSR count). The highest BCUT2D eigenvalue weighted by Crippen LogP contribution is 2.11. The van der Waals surface area contributed by atoms with Gasteiger partial charge >= 0.3 is 0 Å². The van der Waals surface area contributed by atoms with E-state index in [-0.39, 0.29) is 17.7 Å². The Morgan fingerprint density at radius 3 is 2.54 bits per heavy atom. The zero-order valence-electron chi connectivity index (χ0n) is 13.6. The fraction of sp³-hybridized carbons (Fsp3) is 0.118. The molecule has 2 aromatic heterocycles. The molecule has 6 N–H and O–H groups in total. The van der Waals surface area contributed by atoms with Crippen molar-refractivity contribution < 1.29 is 18.8 Å². The van der Waals surface area contributed by atoms with Gasteiger partial charge in [0.25, 0.3) is 11.8 Å². The van der Waals surface area contributed by atoms with Crippen LogP contribution in [0.3, 0.4) is 0 Å². The van der Waals surface area contributed by atoms with Crippen molar-refractivity contribution in [2.24, 2.45) is 11.5 Å². The van der Waals surface area contributed by atoms with Gasteiger partial charge in [-0.25, -0.2) is 0 Å². The fourth-order valence-corrected chi connectivity index (χ4v) is 2.17. The first-order chi connectivity index (χ1) is 12.4. The molecular formula is C17H17N5O4. The average molecular weight is 355 g/mol. The second kappa shape index (κ2) is 8.38. The molecule has 26 heavy (non-hydrogen) atoms. The summed E-state index contributed by atoms with van der Waals surface area (Å²) >= 11 is 0. The maximum Gasteiger partial charge on any atom is 0.287 e. The molecule has 0 spiro atoms. The number of pyridine rings is 1. The van der Waals surface area contributed by atoms with Gasteiger partial charge in [-0.3, -0.25) is 19.4 Å². The fourth-order valence-electron chi connectivity index (χ4n) is 2.17. The molecule has 0 saturated heterocycles. The van der Waals surface area contributed by atoms with Crippen LogP contribution in [0.4, 0.5) is 0 Å². The van der Waals surface area contributed by atoms with Crippen LogP contribution in [-0.2, 0) is 20.8 Å². The molecule has 0 saturated carbocycles. The van der Waals surface area contributed by atoms with E-state index < -0.39 is 23.6 Å². The Kier molecular flexibility index (Phi) is 5.99. The predicted octanol–water partition coefficient (Wildman–Crippen LogP) is -0.224. The van der Waals surface area contributed by atoms with Crippen LogP contribution in [0.5, 0.6) is 0 Å². The van der Waals surface area contributed by atoms with Gasteiger partial charge in [-0.15, -0.1) is 0 Å². The molecule has 2 aromatic rings. The van der Waals surface area contributed by atoms with Gasteiger partial charge in [0.1, 0.15) is 11.8 Å². The number of aromatic nitrogens is 1. The van der Waals surface area contributed by atoms with Gasteiger partial charge in [-0.1, -0.05) is 6.07 Å². The van der Waals surface area contributed by atoms with Gasteiger partial charge in [0.15, 0.2) is 0 Å². The van der Waals surface area contributed by atoms with Crippen molar-refractivity contribution in [3.63, 3.8) is 0 Å². The number of Topliss-reactive ketones (excluding diaryl/α,β-unsaturated/α-hetero) is 1. The van der Waals surface area contributed by atoms with E-state index in [1.165, 1.54) is 12.5 Å². The summed E-state index contributed by atoms with van der Waals surface area (Å²) in [6.45, 7) is 0. The summed E-state index contributed by atoms with van der Waals surface area (Å²) in [4.78, 5) is 39.8. The number of primary amides is 1. The molecule has 0 bridgehead atoms. The summed E-state index contributed by atoms with van der Waals surface area (Å²) < 4.78 is 5.13. The Hall–Kier alpha value is -3.75. The zero-order valence-corrected chi connectivity index (χ0v) is 13.6. The Labute approximate surface area is 148 Å². The van der Waals surface area contributed by atoms with Gasteiger partial charge in [-0.05, 0) is 24.3 Å². The minimum absolute atomic E-state index is 0.0404. The molecule has 134 valence electrons. The van der Waals surface area contributed by atoms with Crippen molar-refractivity contribution in [2.75, 3.05) is 0 Å². The molecule has 1 atom stereocenters. The first-order valence-corrected chi connectivity index (χ1v) is 7.52. The second-order valence-electron chi connectivity index (χ2n) is 5.22. The van der Waals surface area contributed by atoms with Crippen molar-refractivity contribution in [1.82, 2.24) is 10.3 Å². The first kappa shape index (κ1) is 18.6. The number of amides is 2. The topological polar surface area (TPSA) is 165 Å². The number of rotatable bonds is 8. The molecular weight excluding hydrogens is 338 g/mol. The third-order valence-electron chi connectivity index (χ3n) is 3.47. The highest BCUT2D eigenvalue weighted by molar-refractivity contribution is 6.38. The van der Waals surface area contributed by atoms with E-state index in [0.29, 0.717) is 11.5 Å². The molecule has 0 radical (unpaired) electrons. The summed E-state index contributed by atoms with van der Waals surface area (Å²) in [6.07, 6.45) is 3.55. The number of hydrogen-bond donors (Lipinski definition) is 4. The Morgan fingerprint density at radius 2 is 2.00 bits per heavy atom. The van der Waals surface area contributed by atoms with E-state index in [1.807, 2.05) is 0 Å². The van der Waals surface area contributed by atoms with E-state index in [2.05, 4.69) is 10.3 Å². The second-order valence-corrected chi connectivity index (χ2v) is 5.22. The van der Waals surface area contributed by atoms with Crippen LogP contribution in [0.15, 0.2) is 52.8 Å². The predicted molar refractivity (Wildman–Crippen MR) is 92.7 cm³/mol. The van der Waals surface area contributed by atoms with Crippen molar-refractivity contribution in [1.29, 1.82) is 5.41 Å². The van der Waals surface area contributed by atoms with Crippen LogP contribution < -0.4 is 16.8 Å². The van der Waals surface area contributed by atoms with E-state index in [1.54, 1.807) is 30.3 Å². The summed E-state index contributed by atoms with van der Waals surface area (Å²) in [7, 11) is 0. The van der Waals surface area contributed by atoms with E-state index in [9.17, 15) is 14.4 Å². The van der Waals surface area contributed by atoms with Gasteiger partial charge in [-0.2, -0.15) is 0 Å². The number of nitrogens with one attached hydrogen (secondary N) is 2. The third kappa shape index (κ3) is 4.41. The lowest BCUT2D eigenvalue weighted by molar-refractivity contribution is -0.138. The molecule has 0 aliphatic carbocycles. The van der Waals surface area contributed by atoms with Gasteiger partial charge in [0, 0.05) is 18.8 Å². The third-order valence-corrected chi connectivity index (χ3v) is 3.47. The Balaban J connectivity index is 2.28. The number of nitrogens with zero attached hydrogens (tertiary/aromatic N) is 1. The van der Waals surface area contributed by atoms with Gasteiger partial charge in [0.05, 0.1) is 23.2 Å². The summed E-state index contributed by atoms with van der Waals surface area (Å²) in [6, 6.07) is 6.85. The molecule has 0 aliphatic rings. The lowest BCUT2D eigenvalue weighted by Crippen LogP contribution is -2.48. The molecule has 0 fully saturated rings. The molecule has 2 amide bonds. The molecule has 9 nitrogen and oxygen atoms in total. The average Bonchev–Trinajstić information content (AvgIpc) is 3.14. The molecule has 1 unspecified atom stereocenters. The van der Waals surface area contributed by atoms with Crippen molar-refractivity contribution in [3.8, 4) is 0 Å². The van der Waals surface area contributed by atoms with E-state index >= 15 is 0 Å². The largest absolute Gasteiger partial charge is 0.469 e. The minimum atomic E-state index is -1.25. The number of hydrogen-bond acceptors (Lipinski definition) is 7. The number of carbonyl (C=O) groups excluding carboxylic acids is 3. The summed E-state index contributed by atoms with van der Waals surface area (Å²) in [5.41, 5.74) is 11.0. The van der Waals surface area contributed by atoms with Gasteiger partial charge < -0.3 is 26.6 Å². The monoisotopic (exact) mass is 355 g/mol. The Bertz CT molecular complexity index is 843. The number of ketones is 1.